The number of nitrogens with zero attached hydrogens (tertiary/aromatic N) is 4. The molecule has 2 aromatic heterocycles. The van der Waals surface area contributed by atoms with Crippen LogP contribution >= 0.6 is 23.1 Å². The van der Waals surface area contributed by atoms with Crippen molar-refractivity contribution in [1.29, 1.82) is 0 Å². The number of esters is 1. The Hall–Kier alpha value is -2.72. The highest BCUT2D eigenvalue weighted by Crippen LogP contribution is 2.24. The minimum Gasteiger partial charge on any atom is -0.466 e. The van der Waals surface area contributed by atoms with Crippen molar-refractivity contribution in [1.82, 2.24) is 19.7 Å². The van der Waals surface area contributed by atoms with Crippen LogP contribution in [0.15, 0.2) is 34.8 Å². The van der Waals surface area contributed by atoms with Crippen LogP contribution in [0.25, 0.3) is 11.4 Å². The van der Waals surface area contributed by atoms with E-state index in [4.69, 9.17) is 4.74 Å². The third-order valence-corrected chi connectivity index (χ3v) is 5.88. The molecule has 1 aromatic carbocycles. The highest BCUT2D eigenvalue weighted by molar-refractivity contribution is 7.99. The molecule has 0 aliphatic rings. The van der Waals surface area contributed by atoms with E-state index < -0.39 is 0 Å². The highest BCUT2D eigenvalue weighted by Gasteiger charge is 2.15. The van der Waals surface area contributed by atoms with Crippen LogP contribution in [0, 0.1) is 6.92 Å². The van der Waals surface area contributed by atoms with Gasteiger partial charge in [0.05, 0.1) is 24.5 Å². The van der Waals surface area contributed by atoms with Crippen LogP contribution in [-0.2, 0) is 27.3 Å². The number of ether oxygens (including phenoxy) is 1. The van der Waals surface area contributed by atoms with Gasteiger partial charge in [0, 0.05) is 17.5 Å². The van der Waals surface area contributed by atoms with Crippen molar-refractivity contribution in [3.8, 4) is 11.4 Å². The second kappa shape index (κ2) is 10.4. The molecular weight excluding hydrogens is 422 g/mol. The van der Waals surface area contributed by atoms with E-state index in [1.807, 2.05) is 42.7 Å². The summed E-state index contributed by atoms with van der Waals surface area (Å²) in [6, 6.07) is 8.11. The van der Waals surface area contributed by atoms with E-state index >= 15 is 0 Å². The molecule has 0 fully saturated rings. The first-order valence-electron chi connectivity index (χ1n) is 9.53. The molecule has 0 aliphatic heterocycles. The molecule has 1 N–H and O–H groups in total. The normalized spacial score (nSPS) is 10.8. The van der Waals surface area contributed by atoms with Gasteiger partial charge in [-0.15, -0.1) is 21.5 Å². The van der Waals surface area contributed by atoms with E-state index in [-0.39, 0.29) is 24.1 Å². The van der Waals surface area contributed by atoms with Crippen molar-refractivity contribution < 1.29 is 14.3 Å². The molecule has 0 atom stereocenters. The topological polar surface area (TPSA) is 99.0 Å². The lowest BCUT2D eigenvalue weighted by molar-refractivity contribution is -0.142. The average Bonchev–Trinajstić information content (AvgIpc) is 3.33. The minimum absolute atomic E-state index is 0.0936. The van der Waals surface area contributed by atoms with Gasteiger partial charge in [0.1, 0.15) is 0 Å². The average molecular weight is 446 g/mol. The summed E-state index contributed by atoms with van der Waals surface area (Å²) >= 11 is 2.60. The number of benzene rings is 1. The zero-order valence-electron chi connectivity index (χ0n) is 17.0. The number of amides is 1. The molecule has 0 saturated carbocycles. The first-order chi connectivity index (χ1) is 14.5. The molecule has 0 radical (unpaired) electrons. The van der Waals surface area contributed by atoms with Crippen LogP contribution in [0.1, 0.15) is 25.1 Å². The van der Waals surface area contributed by atoms with E-state index in [0.717, 1.165) is 11.4 Å². The van der Waals surface area contributed by atoms with Gasteiger partial charge in [-0.05, 0) is 20.8 Å². The number of carbonyl (C=O) groups is 2. The van der Waals surface area contributed by atoms with Crippen LogP contribution in [0.4, 0.5) is 5.13 Å². The molecule has 0 aliphatic carbocycles. The number of aromatic nitrogens is 4. The Balaban J connectivity index is 1.58. The third-order valence-electron chi connectivity index (χ3n) is 4.10. The minimum atomic E-state index is -0.334. The van der Waals surface area contributed by atoms with Crippen molar-refractivity contribution >= 4 is 40.1 Å². The van der Waals surface area contributed by atoms with E-state index in [0.29, 0.717) is 29.1 Å². The van der Waals surface area contributed by atoms with Gasteiger partial charge in [-0.2, -0.15) is 0 Å². The van der Waals surface area contributed by atoms with Gasteiger partial charge in [-0.3, -0.25) is 9.59 Å². The molecule has 30 heavy (non-hydrogen) atoms. The summed E-state index contributed by atoms with van der Waals surface area (Å²) in [7, 11) is 0. The Morgan fingerprint density at radius 1 is 1.20 bits per heavy atom. The van der Waals surface area contributed by atoms with Crippen LogP contribution in [-0.4, -0.2) is 44.0 Å². The zero-order chi connectivity index (χ0) is 21.5. The lowest BCUT2D eigenvalue weighted by Crippen LogP contribution is -2.15. The Morgan fingerprint density at radius 3 is 2.67 bits per heavy atom. The van der Waals surface area contributed by atoms with Gasteiger partial charge in [0.15, 0.2) is 16.1 Å². The number of thioether (sulfide) groups is 1. The summed E-state index contributed by atoms with van der Waals surface area (Å²) in [5, 5.41) is 14.2. The fourth-order valence-electron chi connectivity index (χ4n) is 2.69. The van der Waals surface area contributed by atoms with Gasteiger partial charge in [-0.25, -0.2) is 4.98 Å². The van der Waals surface area contributed by atoms with Crippen molar-refractivity contribution in [2.75, 3.05) is 17.7 Å². The van der Waals surface area contributed by atoms with Gasteiger partial charge in [0.2, 0.25) is 5.91 Å². The Kier molecular flexibility index (Phi) is 7.58. The predicted molar refractivity (Wildman–Crippen MR) is 118 cm³/mol. The molecular formula is C20H23N5O3S2. The molecule has 158 valence electrons. The predicted octanol–water partition coefficient (Wildman–Crippen LogP) is 3.57. The Morgan fingerprint density at radius 2 is 1.97 bits per heavy atom. The Labute approximate surface area is 183 Å². The van der Waals surface area contributed by atoms with E-state index in [2.05, 4.69) is 20.5 Å². The van der Waals surface area contributed by atoms with Crippen LogP contribution in [0.2, 0.25) is 0 Å². The second-order valence-corrected chi connectivity index (χ2v) is 8.18. The molecule has 0 spiro atoms. The van der Waals surface area contributed by atoms with Gasteiger partial charge < -0.3 is 14.6 Å². The molecule has 0 unspecified atom stereocenters. The summed E-state index contributed by atoms with van der Waals surface area (Å²) in [6.45, 7) is 6.84. The summed E-state index contributed by atoms with van der Waals surface area (Å²) < 4.78 is 6.89. The summed E-state index contributed by atoms with van der Waals surface area (Å²) in [5.74, 6) is 0.432. The summed E-state index contributed by atoms with van der Waals surface area (Å²) in [6.07, 6.45) is 0.0936. The van der Waals surface area contributed by atoms with Crippen molar-refractivity contribution in [2.45, 2.75) is 38.9 Å². The number of anilines is 1. The third kappa shape index (κ3) is 5.67. The SMILES string of the molecule is CCOC(=O)Cc1csc(NC(=O)CSc2nnc(-c3ccc(C)cc3)n2CC)n1. The van der Waals surface area contributed by atoms with Crippen molar-refractivity contribution in [3.63, 3.8) is 0 Å². The van der Waals surface area contributed by atoms with Crippen LogP contribution in [0.3, 0.4) is 0 Å². The molecule has 3 rings (SSSR count). The van der Waals surface area contributed by atoms with Gasteiger partial charge >= 0.3 is 5.97 Å². The van der Waals surface area contributed by atoms with Crippen molar-refractivity contribution in [2.24, 2.45) is 0 Å². The summed E-state index contributed by atoms with van der Waals surface area (Å²) in [4.78, 5) is 28.1. The van der Waals surface area contributed by atoms with E-state index in [1.54, 1.807) is 12.3 Å². The maximum absolute atomic E-state index is 12.3. The van der Waals surface area contributed by atoms with Gasteiger partial charge in [-0.1, -0.05) is 41.6 Å². The lowest BCUT2D eigenvalue weighted by Gasteiger charge is -2.07. The molecule has 10 heteroatoms. The fourth-order valence-corrected chi connectivity index (χ4v) is 4.22. The molecule has 0 bridgehead atoms. The van der Waals surface area contributed by atoms with E-state index in [9.17, 15) is 9.59 Å². The Bertz CT molecular complexity index is 1010. The molecule has 3 aromatic rings. The standard InChI is InChI=1S/C20H23N5O3S2/c1-4-25-18(14-8-6-13(3)7-9-14)23-24-20(25)30-12-16(26)22-19-21-15(11-29-19)10-17(27)28-5-2/h6-9,11H,4-5,10,12H2,1-3H3,(H,21,22,26). The number of aryl methyl sites for hydroxylation is 1. The largest absolute Gasteiger partial charge is 0.466 e. The number of nitrogens with one attached hydrogen (secondary N) is 1. The monoisotopic (exact) mass is 445 g/mol. The van der Waals surface area contributed by atoms with Crippen LogP contribution < -0.4 is 5.32 Å². The smallest absolute Gasteiger partial charge is 0.311 e. The van der Waals surface area contributed by atoms with Crippen molar-refractivity contribution in [3.05, 3.63) is 40.9 Å². The maximum atomic E-state index is 12.3. The number of hydrogen-bond donors (Lipinski definition) is 1. The quantitative estimate of drug-likeness (QED) is 0.397. The number of thiazole rings is 1. The summed E-state index contributed by atoms with van der Waals surface area (Å²) in [5.41, 5.74) is 2.75. The van der Waals surface area contributed by atoms with Crippen LogP contribution in [0.5, 0.6) is 0 Å². The fraction of sp³-hybridized carbons (Fsp3) is 0.350. The number of rotatable bonds is 9. The molecule has 1 amide bonds. The molecule has 8 nitrogen and oxygen atoms in total. The highest BCUT2D eigenvalue weighted by atomic mass is 32.2. The zero-order valence-corrected chi connectivity index (χ0v) is 18.7. The van der Waals surface area contributed by atoms with Gasteiger partial charge in [0.25, 0.3) is 0 Å². The lowest BCUT2D eigenvalue weighted by atomic mass is 10.1. The van der Waals surface area contributed by atoms with E-state index in [1.165, 1.54) is 28.7 Å². The second-order valence-electron chi connectivity index (χ2n) is 6.38. The first kappa shape index (κ1) is 22.0. The molecule has 0 saturated heterocycles. The maximum Gasteiger partial charge on any atom is 0.311 e. The number of carbonyl (C=O) groups excluding carboxylic acids is 2. The number of hydrogen-bond acceptors (Lipinski definition) is 8. The molecule has 2 heterocycles. The first-order valence-corrected chi connectivity index (χ1v) is 11.4.